The van der Waals surface area contributed by atoms with Gasteiger partial charge < -0.3 is 14.2 Å². The van der Waals surface area contributed by atoms with Crippen molar-refractivity contribution in [2.45, 2.75) is 303 Å². The van der Waals surface area contributed by atoms with Crippen molar-refractivity contribution >= 4 is 17.9 Å². The highest BCUT2D eigenvalue weighted by Gasteiger charge is 2.19. The van der Waals surface area contributed by atoms with Crippen LogP contribution in [0.15, 0.2) is 48.6 Å². The van der Waals surface area contributed by atoms with E-state index < -0.39 is 6.10 Å². The molecule has 1 unspecified atom stereocenters. The Morgan fingerprint density at radius 3 is 0.909 bits per heavy atom. The Kier molecular flexibility index (Phi) is 52.8. The van der Waals surface area contributed by atoms with E-state index >= 15 is 0 Å². The molecule has 6 nitrogen and oxygen atoms in total. The molecule has 0 rings (SSSR count). The van der Waals surface area contributed by atoms with E-state index in [9.17, 15) is 14.4 Å². The van der Waals surface area contributed by atoms with E-state index in [1.54, 1.807) is 0 Å². The molecule has 0 bridgehead atoms. The van der Waals surface area contributed by atoms with Gasteiger partial charge in [0.15, 0.2) is 6.10 Å². The van der Waals surface area contributed by atoms with Gasteiger partial charge in [0, 0.05) is 19.3 Å². The summed E-state index contributed by atoms with van der Waals surface area (Å²) in [5, 5.41) is 0. The van der Waals surface area contributed by atoms with Crippen LogP contribution in [-0.4, -0.2) is 37.2 Å². The van der Waals surface area contributed by atoms with Crippen molar-refractivity contribution in [3.8, 4) is 0 Å². The van der Waals surface area contributed by atoms with Gasteiger partial charge in [-0.1, -0.05) is 249 Å². The molecular formula is C60H108O6. The molecule has 0 spiro atoms. The van der Waals surface area contributed by atoms with E-state index in [-0.39, 0.29) is 37.5 Å². The second kappa shape index (κ2) is 55.0. The Balaban J connectivity index is 4.40. The molecule has 0 fully saturated rings. The number of hydrogen-bond donors (Lipinski definition) is 0. The molecule has 0 aliphatic carbocycles. The molecule has 0 saturated heterocycles. The second-order valence-corrected chi connectivity index (χ2v) is 19.2. The summed E-state index contributed by atoms with van der Waals surface area (Å²) < 4.78 is 16.8. The lowest BCUT2D eigenvalue weighted by Crippen LogP contribution is -2.30. The van der Waals surface area contributed by atoms with E-state index in [0.29, 0.717) is 19.3 Å². The smallest absolute Gasteiger partial charge is 0.306 e. The standard InChI is InChI=1S/C60H108O6/c1-4-7-10-13-16-19-22-25-27-29-30-32-33-35-38-41-44-47-50-53-59(62)65-56-57(55-64-58(61)52-49-46-43-40-37-24-21-18-15-12-9-6-3)66-60(63)54-51-48-45-42-39-36-34-31-28-26-23-20-17-14-11-8-5-2/h26,28-30,34,36,42,45,57H,4-25,27,31-33,35,37-41,43-44,46-56H2,1-3H3/b28-26-,30-29-,36-34-,45-42-. The minimum Gasteiger partial charge on any atom is -0.462 e. The van der Waals surface area contributed by atoms with Gasteiger partial charge >= 0.3 is 17.9 Å². The lowest BCUT2D eigenvalue weighted by Gasteiger charge is -2.18. The summed E-state index contributed by atoms with van der Waals surface area (Å²) in [5.41, 5.74) is 0. The van der Waals surface area contributed by atoms with Crippen molar-refractivity contribution in [1.82, 2.24) is 0 Å². The molecule has 0 aliphatic rings. The van der Waals surface area contributed by atoms with Gasteiger partial charge in [0.1, 0.15) is 13.2 Å². The van der Waals surface area contributed by atoms with Crippen LogP contribution in [0.5, 0.6) is 0 Å². The first-order valence-electron chi connectivity index (χ1n) is 28.6. The molecule has 0 aliphatic heterocycles. The summed E-state index contributed by atoms with van der Waals surface area (Å²) in [6.45, 7) is 6.61. The summed E-state index contributed by atoms with van der Waals surface area (Å²) in [6.07, 6.45) is 66.8. The van der Waals surface area contributed by atoms with Crippen LogP contribution in [0.3, 0.4) is 0 Å². The fourth-order valence-corrected chi connectivity index (χ4v) is 8.22. The van der Waals surface area contributed by atoms with Gasteiger partial charge in [-0.25, -0.2) is 0 Å². The summed E-state index contributed by atoms with van der Waals surface area (Å²) >= 11 is 0. The third kappa shape index (κ3) is 52.3. The van der Waals surface area contributed by atoms with Crippen LogP contribution < -0.4 is 0 Å². The summed E-state index contributed by atoms with van der Waals surface area (Å²) in [4.78, 5) is 38.1. The van der Waals surface area contributed by atoms with Gasteiger partial charge in [-0.2, -0.15) is 0 Å². The van der Waals surface area contributed by atoms with Crippen molar-refractivity contribution in [2.75, 3.05) is 13.2 Å². The molecule has 0 aromatic heterocycles. The average Bonchev–Trinajstić information content (AvgIpc) is 3.31. The number of esters is 3. The van der Waals surface area contributed by atoms with E-state index in [1.165, 1.54) is 193 Å². The lowest BCUT2D eigenvalue weighted by molar-refractivity contribution is -0.167. The Morgan fingerprint density at radius 1 is 0.303 bits per heavy atom. The van der Waals surface area contributed by atoms with Gasteiger partial charge in [-0.15, -0.1) is 0 Å². The van der Waals surface area contributed by atoms with Gasteiger partial charge in [0.05, 0.1) is 0 Å². The fraction of sp³-hybridized carbons (Fsp3) is 0.817. The lowest BCUT2D eigenvalue weighted by atomic mass is 10.0. The predicted octanol–water partition coefficient (Wildman–Crippen LogP) is 19.0. The minimum atomic E-state index is -0.798. The number of unbranched alkanes of at least 4 members (excludes halogenated alkanes) is 33. The molecule has 384 valence electrons. The molecule has 6 heteroatoms. The third-order valence-electron chi connectivity index (χ3n) is 12.6. The zero-order valence-electron chi connectivity index (χ0n) is 44.0. The molecular weight excluding hydrogens is 817 g/mol. The number of allylic oxidation sites excluding steroid dienone is 8. The Labute approximate surface area is 409 Å². The minimum absolute atomic E-state index is 0.0916. The number of rotatable bonds is 52. The molecule has 0 radical (unpaired) electrons. The third-order valence-corrected chi connectivity index (χ3v) is 12.6. The Morgan fingerprint density at radius 2 is 0.561 bits per heavy atom. The van der Waals surface area contributed by atoms with Crippen LogP contribution in [0, 0.1) is 0 Å². The van der Waals surface area contributed by atoms with Crippen LogP contribution in [-0.2, 0) is 28.6 Å². The molecule has 0 aromatic carbocycles. The van der Waals surface area contributed by atoms with Crippen molar-refractivity contribution in [1.29, 1.82) is 0 Å². The number of hydrogen-bond acceptors (Lipinski definition) is 6. The molecule has 66 heavy (non-hydrogen) atoms. The molecule has 1 atom stereocenters. The number of ether oxygens (including phenoxy) is 3. The molecule has 0 amide bonds. The first-order chi connectivity index (χ1) is 32.5. The number of carbonyl (C=O) groups is 3. The van der Waals surface area contributed by atoms with E-state index in [4.69, 9.17) is 14.2 Å². The quantitative estimate of drug-likeness (QED) is 0.0262. The van der Waals surface area contributed by atoms with E-state index in [1.807, 2.05) is 0 Å². The van der Waals surface area contributed by atoms with Gasteiger partial charge in [0.25, 0.3) is 0 Å². The van der Waals surface area contributed by atoms with Gasteiger partial charge in [-0.3, -0.25) is 14.4 Å². The first kappa shape index (κ1) is 63.4. The maximum absolute atomic E-state index is 12.8. The molecule has 0 N–H and O–H groups in total. The highest BCUT2D eigenvalue weighted by Crippen LogP contribution is 2.15. The summed E-state index contributed by atoms with van der Waals surface area (Å²) in [7, 11) is 0. The zero-order chi connectivity index (χ0) is 47.9. The molecule has 0 saturated carbocycles. The van der Waals surface area contributed by atoms with Crippen LogP contribution in [0.4, 0.5) is 0 Å². The summed E-state index contributed by atoms with van der Waals surface area (Å²) in [5.74, 6) is -0.937. The largest absolute Gasteiger partial charge is 0.462 e. The maximum atomic E-state index is 12.8. The zero-order valence-corrected chi connectivity index (χ0v) is 44.0. The van der Waals surface area contributed by atoms with Crippen molar-refractivity contribution in [2.24, 2.45) is 0 Å². The number of carbonyl (C=O) groups excluding carboxylic acids is 3. The van der Waals surface area contributed by atoms with Gasteiger partial charge in [-0.05, 0) is 77.0 Å². The molecule has 0 heterocycles. The highest BCUT2D eigenvalue weighted by molar-refractivity contribution is 5.71. The fourth-order valence-electron chi connectivity index (χ4n) is 8.22. The summed E-state index contributed by atoms with van der Waals surface area (Å²) in [6, 6.07) is 0. The van der Waals surface area contributed by atoms with Crippen LogP contribution in [0.2, 0.25) is 0 Å². The monoisotopic (exact) mass is 925 g/mol. The van der Waals surface area contributed by atoms with E-state index in [0.717, 1.165) is 57.8 Å². The maximum Gasteiger partial charge on any atom is 0.306 e. The Hall–Kier alpha value is -2.63. The SMILES string of the molecule is CCCCCCCC/C=C\C/C=C\C/C=C\CCCC(=O)OC(COC(=O)CCCCCCCCC/C=C\CCCCCCCCCC)COC(=O)CCCCCCCCCCCCCC. The highest BCUT2D eigenvalue weighted by atomic mass is 16.6. The van der Waals surface area contributed by atoms with Crippen LogP contribution in [0.25, 0.3) is 0 Å². The van der Waals surface area contributed by atoms with Crippen molar-refractivity contribution in [3.05, 3.63) is 48.6 Å². The second-order valence-electron chi connectivity index (χ2n) is 19.2. The predicted molar refractivity (Wildman–Crippen MR) is 284 cm³/mol. The normalized spacial score (nSPS) is 12.3. The van der Waals surface area contributed by atoms with Crippen molar-refractivity contribution < 1.29 is 28.6 Å². The van der Waals surface area contributed by atoms with Crippen molar-refractivity contribution in [3.63, 3.8) is 0 Å². The van der Waals surface area contributed by atoms with Gasteiger partial charge in [0.2, 0.25) is 0 Å². The topological polar surface area (TPSA) is 78.9 Å². The molecule has 0 aromatic rings. The van der Waals surface area contributed by atoms with Crippen LogP contribution in [0.1, 0.15) is 297 Å². The van der Waals surface area contributed by atoms with E-state index in [2.05, 4.69) is 69.4 Å². The average molecular weight is 926 g/mol. The van der Waals surface area contributed by atoms with Crippen LogP contribution >= 0.6 is 0 Å². The first-order valence-corrected chi connectivity index (χ1v) is 28.6. The Bertz CT molecular complexity index is 1150.